The Morgan fingerprint density at radius 3 is 2.85 bits per heavy atom. The predicted octanol–water partition coefficient (Wildman–Crippen LogP) is 2.86. The lowest BCUT2D eigenvalue weighted by molar-refractivity contribution is -0.0917. The lowest BCUT2D eigenvalue weighted by Crippen LogP contribution is -2.48. The monoisotopic (exact) mass is 277 g/mol. The van der Waals surface area contributed by atoms with Crippen LogP contribution in [0.15, 0.2) is 24.3 Å². The fourth-order valence-corrected chi connectivity index (χ4v) is 2.81. The second kappa shape index (κ2) is 6.27. The predicted molar refractivity (Wildman–Crippen MR) is 77.9 cm³/mol. The maximum Gasteiger partial charge on any atom is 0.251 e. The molecule has 1 saturated heterocycles. The van der Waals surface area contributed by atoms with Crippen LogP contribution in [-0.4, -0.2) is 29.3 Å². The highest BCUT2D eigenvalue weighted by molar-refractivity contribution is 5.94. The van der Waals surface area contributed by atoms with Crippen molar-refractivity contribution in [1.82, 2.24) is 5.32 Å². The molecule has 2 rings (SSSR count). The van der Waals surface area contributed by atoms with Gasteiger partial charge in [-0.1, -0.05) is 19.9 Å². The van der Waals surface area contributed by atoms with Gasteiger partial charge in [0.05, 0.1) is 5.60 Å². The van der Waals surface area contributed by atoms with Crippen LogP contribution in [0.3, 0.4) is 0 Å². The summed E-state index contributed by atoms with van der Waals surface area (Å²) in [4.78, 5) is 12.2. The molecule has 1 aliphatic rings. The largest absolute Gasteiger partial charge is 0.508 e. The van der Waals surface area contributed by atoms with Crippen LogP contribution in [0.1, 0.15) is 49.9 Å². The number of carbonyl (C=O) groups excluding carboxylic acids is 1. The normalized spacial score (nSPS) is 21.4. The van der Waals surface area contributed by atoms with E-state index in [9.17, 15) is 9.90 Å². The number of benzene rings is 1. The van der Waals surface area contributed by atoms with Crippen molar-refractivity contribution in [1.29, 1.82) is 0 Å². The number of phenolic OH excluding ortho intramolecular Hbond substituents is 1. The summed E-state index contributed by atoms with van der Waals surface area (Å²) >= 11 is 0. The van der Waals surface area contributed by atoms with Gasteiger partial charge in [0.2, 0.25) is 0 Å². The van der Waals surface area contributed by atoms with Crippen LogP contribution in [0.5, 0.6) is 5.75 Å². The van der Waals surface area contributed by atoms with Gasteiger partial charge >= 0.3 is 0 Å². The molecule has 0 aliphatic carbocycles. The van der Waals surface area contributed by atoms with Crippen molar-refractivity contribution < 1.29 is 14.6 Å². The van der Waals surface area contributed by atoms with Crippen LogP contribution in [0, 0.1) is 0 Å². The number of phenols is 1. The van der Waals surface area contributed by atoms with E-state index in [1.54, 1.807) is 18.2 Å². The molecule has 0 spiro atoms. The lowest BCUT2D eigenvalue weighted by atomic mass is 9.86. The Morgan fingerprint density at radius 2 is 2.20 bits per heavy atom. The standard InChI is InChI=1S/C16H23NO3/c1-3-16(4-2)11-13(8-9-20-16)17-15(19)12-6-5-7-14(18)10-12/h5-7,10,13,18H,3-4,8-9,11H2,1-2H3,(H,17,19). The highest BCUT2D eigenvalue weighted by atomic mass is 16.5. The van der Waals surface area contributed by atoms with Crippen LogP contribution in [0.2, 0.25) is 0 Å². The number of hydrogen-bond acceptors (Lipinski definition) is 3. The van der Waals surface area contributed by atoms with E-state index in [0.29, 0.717) is 12.2 Å². The Hall–Kier alpha value is -1.55. The van der Waals surface area contributed by atoms with Gasteiger partial charge in [0.25, 0.3) is 5.91 Å². The van der Waals surface area contributed by atoms with E-state index in [-0.39, 0.29) is 23.3 Å². The van der Waals surface area contributed by atoms with Crippen molar-refractivity contribution in [2.24, 2.45) is 0 Å². The molecule has 0 radical (unpaired) electrons. The van der Waals surface area contributed by atoms with E-state index in [2.05, 4.69) is 19.2 Å². The summed E-state index contributed by atoms with van der Waals surface area (Å²) < 4.78 is 5.91. The summed E-state index contributed by atoms with van der Waals surface area (Å²) in [5.41, 5.74) is 0.393. The van der Waals surface area contributed by atoms with E-state index in [1.807, 2.05) is 0 Å². The van der Waals surface area contributed by atoms with Gasteiger partial charge in [-0.3, -0.25) is 4.79 Å². The first-order chi connectivity index (χ1) is 9.58. The summed E-state index contributed by atoms with van der Waals surface area (Å²) in [6.07, 6.45) is 3.61. The van der Waals surface area contributed by atoms with Crippen molar-refractivity contribution >= 4 is 5.91 Å². The van der Waals surface area contributed by atoms with Gasteiger partial charge in [0.1, 0.15) is 5.75 Å². The van der Waals surface area contributed by atoms with Gasteiger partial charge in [0, 0.05) is 18.2 Å². The van der Waals surface area contributed by atoms with Crippen LogP contribution < -0.4 is 5.32 Å². The van der Waals surface area contributed by atoms with Gasteiger partial charge in [-0.05, 0) is 43.9 Å². The topological polar surface area (TPSA) is 58.6 Å². The highest BCUT2D eigenvalue weighted by Crippen LogP contribution is 2.31. The Bertz CT molecular complexity index is 469. The number of carbonyl (C=O) groups is 1. The molecule has 2 N–H and O–H groups in total. The van der Waals surface area contributed by atoms with Gasteiger partial charge in [-0.15, -0.1) is 0 Å². The van der Waals surface area contributed by atoms with Crippen molar-refractivity contribution in [3.8, 4) is 5.75 Å². The first-order valence-corrected chi connectivity index (χ1v) is 7.32. The fraction of sp³-hybridized carbons (Fsp3) is 0.562. The first kappa shape index (κ1) is 14.9. The smallest absolute Gasteiger partial charge is 0.251 e. The maximum atomic E-state index is 12.2. The molecule has 20 heavy (non-hydrogen) atoms. The Balaban J connectivity index is 2.01. The molecule has 1 amide bonds. The molecule has 4 nitrogen and oxygen atoms in total. The third kappa shape index (κ3) is 3.31. The fourth-order valence-electron chi connectivity index (χ4n) is 2.81. The zero-order valence-electron chi connectivity index (χ0n) is 12.2. The summed E-state index contributed by atoms with van der Waals surface area (Å²) in [6.45, 7) is 4.94. The Morgan fingerprint density at radius 1 is 1.45 bits per heavy atom. The zero-order valence-corrected chi connectivity index (χ0v) is 12.2. The van der Waals surface area contributed by atoms with E-state index < -0.39 is 0 Å². The molecule has 1 aliphatic heterocycles. The molecular formula is C16H23NO3. The Labute approximate surface area is 120 Å². The SMILES string of the molecule is CCC1(CC)CC(NC(=O)c2cccc(O)c2)CCO1. The van der Waals surface area contributed by atoms with Gasteiger partial charge < -0.3 is 15.2 Å². The van der Waals surface area contributed by atoms with Crippen LogP contribution in [0.25, 0.3) is 0 Å². The number of ether oxygens (including phenoxy) is 1. The average molecular weight is 277 g/mol. The van der Waals surface area contributed by atoms with Crippen molar-refractivity contribution in [3.63, 3.8) is 0 Å². The minimum absolute atomic E-state index is 0.102. The molecule has 1 atom stereocenters. The molecule has 1 fully saturated rings. The van der Waals surface area contributed by atoms with E-state index in [0.717, 1.165) is 25.7 Å². The first-order valence-electron chi connectivity index (χ1n) is 7.32. The van der Waals surface area contributed by atoms with Crippen molar-refractivity contribution in [2.75, 3.05) is 6.61 Å². The Kier molecular flexibility index (Phi) is 4.65. The quantitative estimate of drug-likeness (QED) is 0.889. The molecular weight excluding hydrogens is 254 g/mol. The van der Waals surface area contributed by atoms with Gasteiger partial charge in [-0.25, -0.2) is 0 Å². The van der Waals surface area contributed by atoms with Crippen LogP contribution >= 0.6 is 0 Å². The molecule has 0 saturated carbocycles. The average Bonchev–Trinajstić information content (AvgIpc) is 2.47. The number of rotatable bonds is 4. The summed E-state index contributed by atoms with van der Waals surface area (Å²) in [5.74, 6) is -0.0185. The minimum Gasteiger partial charge on any atom is -0.508 e. The van der Waals surface area contributed by atoms with Crippen molar-refractivity contribution in [3.05, 3.63) is 29.8 Å². The second-order valence-corrected chi connectivity index (χ2v) is 5.45. The van der Waals surface area contributed by atoms with Crippen LogP contribution in [-0.2, 0) is 4.74 Å². The third-order valence-electron chi connectivity index (χ3n) is 4.23. The summed E-state index contributed by atoms with van der Waals surface area (Å²) in [5, 5.41) is 12.5. The lowest BCUT2D eigenvalue weighted by Gasteiger charge is -2.40. The summed E-state index contributed by atoms with van der Waals surface area (Å²) in [6, 6.07) is 6.57. The number of hydrogen-bond donors (Lipinski definition) is 2. The van der Waals surface area contributed by atoms with E-state index >= 15 is 0 Å². The second-order valence-electron chi connectivity index (χ2n) is 5.45. The third-order valence-corrected chi connectivity index (χ3v) is 4.23. The molecule has 0 aromatic heterocycles. The minimum atomic E-state index is -0.131. The molecule has 1 unspecified atom stereocenters. The maximum absolute atomic E-state index is 12.2. The molecule has 1 heterocycles. The summed E-state index contributed by atoms with van der Waals surface area (Å²) in [7, 11) is 0. The molecule has 1 aromatic rings. The molecule has 110 valence electrons. The van der Waals surface area contributed by atoms with Gasteiger partial charge in [-0.2, -0.15) is 0 Å². The number of amides is 1. The van der Waals surface area contributed by atoms with Crippen LogP contribution in [0.4, 0.5) is 0 Å². The molecule has 0 bridgehead atoms. The van der Waals surface area contributed by atoms with Gasteiger partial charge in [0.15, 0.2) is 0 Å². The number of aromatic hydroxyl groups is 1. The van der Waals surface area contributed by atoms with Crippen molar-refractivity contribution in [2.45, 2.75) is 51.2 Å². The molecule has 4 heteroatoms. The van der Waals surface area contributed by atoms with E-state index in [1.165, 1.54) is 6.07 Å². The highest BCUT2D eigenvalue weighted by Gasteiger charge is 2.35. The zero-order chi connectivity index (χ0) is 14.6. The number of nitrogens with one attached hydrogen (secondary N) is 1. The van der Waals surface area contributed by atoms with E-state index in [4.69, 9.17) is 4.74 Å². The molecule has 1 aromatic carbocycles.